The standard InChI is InChI=1S/C14H17NO5/c1-2-18-13(16)15(8-11-6-4-3-5-7-11)9-12-10-19-14(17)20-12/h3-7,12H,2,8-10H2,1H3/t12-/m0/s1/i9D/t9-,12-. The molecule has 1 saturated heterocycles. The average molecular weight is 280 g/mol. The molecule has 1 amide bonds. The molecule has 1 fully saturated rings. The predicted molar refractivity (Wildman–Crippen MR) is 70.1 cm³/mol. The summed E-state index contributed by atoms with van der Waals surface area (Å²) in [6, 6.07) is 9.24. The van der Waals surface area contributed by atoms with E-state index in [-0.39, 0.29) is 19.8 Å². The Balaban J connectivity index is 2.11. The molecular weight excluding hydrogens is 262 g/mol. The first kappa shape index (κ1) is 12.8. The molecule has 2 atom stereocenters. The summed E-state index contributed by atoms with van der Waals surface area (Å²) in [6.45, 7) is 0.962. The van der Waals surface area contributed by atoms with E-state index < -0.39 is 24.9 Å². The number of amides is 1. The van der Waals surface area contributed by atoms with Gasteiger partial charge in [0.1, 0.15) is 6.61 Å². The second-order valence-electron chi connectivity index (χ2n) is 4.18. The molecule has 0 unspecified atom stereocenters. The molecule has 0 N–H and O–H groups in total. The number of carbonyl (C=O) groups is 2. The van der Waals surface area contributed by atoms with E-state index in [0.717, 1.165) is 5.56 Å². The van der Waals surface area contributed by atoms with Crippen molar-refractivity contribution in [2.45, 2.75) is 19.6 Å². The highest BCUT2D eigenvalue weighted by atomic mass is 16.8. The third kappa shape index (κ3) is 3.88. The Morgan fingerprint density at radius 2 is 2.25 bits per heavy atom. The zero-order chi connectivity index (χ0) is 15.2. The fourth-order valence-corrected chi connectivity index (χ4v) is 1.78. The van der Waals surface area contributed by atoms with Gasteiger partial charge in [-0.3, -0.25) is 0 Å². The van der Waals surface area contributed by atoms with Crippen molar-refractivity contribution in [1.82, 2.24) is 4.90 Å². The van der Waals surface area contributed by atoms with Crippen LogP contribution in [0.25, 0.3) is 0 Å². The van der Waals surface area contributed by atoms with Crippen molar-refractivity contribution >= 4 is 12.2 Å². The highest BCUT2D eigenvalue weighted by Crippen LogP contribution is 2.12. The first-order valence-electron chi connectivity index (χ1n) is 6.92. The van der Waals surface area contributed by atoms with Crippen LogP contribution in [0, 0.1) is 0 Å². The lowest BCUT2D eigenvalue weighted by Gasteiger charge is -2.23. The van der Waals surface area contributed by atoms with Crippen LogP contribution in [0.4, 0.5) is 9.59 Å². The SMILES string of the molecule is [2H][C@@H]([C@H]1COC(=O)O1)N(Cc1ccccc1)C(=O)OCC. The van der Waals surface area contributed by atoms with Crippen molar-refractivity contribution in [3.63, 3.8) is 0 Å². The summed E-state index contributed by atoms with van der Waals surface area (Å²) >= 11 is 0. The number of carbonyl (C=O) groups excluding carboxylic acids is 2. The topological polar surface area (TPSA) is 65.1 Å². The maximum absolute atomic E-state index is 12.0. The molecule has 1 aromatic rings. The molecule has 6 heteroatoms. The van der Waals surface area contributed by atoms with E-state index in [9.17, 15) is 9.59 Å². The number of benzene rings is 1. The average Bonchev–Trinajstić information content (AvgIpc) is 2.92. The Morgan fingerprint density at radius 3 is 2.85 bits per heavy atom. The molecule has 2 rings (SSSR count). The molecule has 1 aliphatic rings. The second-order valence-corrected chi connectivity index (χ2v) is 4.18. The molecule has 0 radical (unpaired) electrons. The number of cyclic esters (lactones) is 2. The fraction of sp³-hybridized carbons (Fsp3) is 0.429. The number of hydrogen-bond acceptors (Lipinski definition) is 5. The zero-order valence-electron chi connectivity index (χ0n) is 12.2. The van der Waals surface area contributed by atoms with Gasteiger partial charge in [0.25, 0.3) is 0 Å². The Morgan fingerprint density at radius 1 is 1.50 bits per heavy atom. The Kier molecular flexibility index (Phi) is 4.34. The third-order valence-corrected chi connectivity index (χ3v) is 2.66. The molecule has 0 aromatic heterocycles. The molecule has 0 bridgehead atoms. The summed E-state index contributed by atoms with van der Waals surface area (Å²) in [4.78, 5) is 24.2. The summed E-state index contributed by atoms with van der Waals surface area (Å²) in [5.74, 6) is 0. The summed E-state index contributed by atoms with van der Waals surface area (Å²) in [5.41, 5.74) is 0.855. The fourth-order valence-electron chi connectivity index (χ4n) is 1.78. The van der Waals surface area contributed by atoms with Crippen molar-refractivity contribution in [3.8, 4) is 0 Å². The van der Waals surface area contributed by atoms with Gasteiger partial charge in [-0.15, -0.1) is 0 Å². The van der Waals surface area contributed by atoms with Gasteiger partial charge in [0.15, 0.2) is 6.10 Å². The van der Waals surface area contributed by atoms with Gasteiger partial charge in [0, 0.05) is 6.54 Å². The monoisotopic (exact) mass is 280 g/mol. The van der Waals surface area contributed by atoms with Gasteiger partial charge >= 0.3 is 12.2 Å². The minimum Gasteiger partial charge on any atom is -0.450 e. The van der Waals surface area contributed by atoms with Crippen molar-refractivity contribution in [2.75, 3.05) is 19.7 Å². The zero-order valence-corrected chi connectivity index (χ0v) is 11.2. The van der Waals surface area contributed by atoms with Gasteiger partial charge < -0.3 is 19.1 Å². The molecule has 0 saturated carbocycles. The smallest absolute Gasteiger partial charge is 0.450 e. The van der Waals surface area contributed by atoms with Crippen LogP contribution in [0.5, 0.6) is 0 Å². The van der Waals surface area contributed by atoms with E-state index in [4.69, 9.17) is 10.8 Å². The van der Waals surface area contributed by atoms with Gasteiger partial charge in [-0.05, 0) is 12.5 Å². The van der Waals surface area contributed by atoms with Crippen LogP contribution in [-0.2, 0) is 20.8 Å². The maximum atomic E-state index is 12.0. The Bertz CT molecular complexity index is 495. The lowest BCUT2D eigenvalue weighted by atomic mass is 10.2. The summed E-state index contributed by atoms with van der Waals surface area (Å²) in [7, 11) is 0. The third-order valence-electron chi connectivity index (χ3n) is 2.66. The van der Waals surface area contributed by atoms with E-state index in [2.05, 4.69) is 4.74 Å². The number of hydrogen-bond donors (Lipinski definition) is 0. The second kappa shape index (κ2) is 6.79. The highest BCUT2D eigenvalue weighted by molar-refractivity contribution is 5.68. The van der Waals surface area contributed by atoms with Crippen LogP contribution in [0.1, 0.15) is 13.9 Å². The maximum Gasteiger partial charge on any atom is 0.508 e. The first-order valence-corrected chi connectivity index (χ1v) is 6.34. The molecule has 1 heterocycles. The first-order chi connectivity index (χ1) is 10.1. The Hall–Kier alpha value is -2.24. The van der Waals surface area contributed by atoms with Gasteiger partial charge in [0.05, 0.1) is 14.5 Å². The van der Waals surface area contributed by atoms with Crippen LogP contribution in [0.3, 0.4) is 0 Å². The van der Waals surface area contributed by atoms with Crippen LogP contribution in [0.15, 0.2) is 30.3 Å². The van der Waals surface area contributed by atoms with Crippen molar-refractivity contribution in [3.05, 3.63) is 35.9 Å². The van der Waals surface area contributed by atoms with Crippen LogP contribution < -0.4 is 0 Å². The molecule has 108 valence electrons. The molecular formula is C14H17NO5. The molecule has 1 aromatic carbocycles. The highest BCUT2D eigenvalue weighted by Gasteiger charge is 2.29. The Labute approximate surface area is 118 Å². The largest absolute Gasteiger partial charge is 0.508 e. The van der Waals surface area contributed by atoms with Crippen LogP contribution in [-0.4, -0.2) is 43.0 Å². The molecule has 0 spiro atoms. The molecule has 0 aliphatic carbocycles. The number of ether oxygens (including phenoxy) is 3. The number of nitrogens with zero attached hydrogens (tertiary/aromatic N) is 1. The molecule has 20 heavy (non-hydrogen) atoms. The minimum absolute atomic E-state index is 0.0440. The summed E-state index contributed by atoms with van der Waals surface area (Å²) in [5, 5.41) is 0. The predicted octanol–water partition coefficient (Wildman–Crippen LogP) is 2.18. The molecule has 1 aliphatic heterocycles. The van der Waals surface area contributed by atoms with E-state index in [1.54, 1.807) is 6.92 Å². The lowest BCUT2D eigenvalue weighted by Crippen LogP contribution is -2.38. The summed E-state index contributed by atoms with van der Waals surface area (Å²) < 4.78 is 22.7. The van der Waals surface area contributed by atoms with E-state index in [0.29, 0.717) is 0 Å². The van der Waals surface area contributed by atoms with Gasteiger partial charge in [-0.1, -0.05) is 30.3 Å². The van der Waals surface area contributed by atoms with Gasteiger partial charge in [-0.2, -0.15) is 0 Å². The minimum atomic E-state index is -1.09. The van der Waals surface area contributed by atoms with E-state index in [1.807, 2.05) is 30.3 Å². The van der Waals surface area contributed by atoms with Crippen LogP contribution in [0.2, 0.25) is 0 Å². The van der Waals surface area contributed by atoms with Gasteiger partial charge in [-0.25, -0.2) is 9.59 Å². The van der Waals surface area contributed by atoms with Crippen molar-refractivity contribution in [2.24, 2.45) is 0 Å². The molecule has 6 nitrogen and oxygen atoms in total. The van der Waals surface area contributed by atoms with Gasteiger partial charge in [0.2, 0.25) is 0 Å². The van der Waals surface area contributed by atoms with E-state index >= 15 is 0 Å². The van der Waals surface area contributed by atoms with Crippen molar-refractivity contribution < 1.29 is 25.2 Å². The normalized spacial score (nSPS) is 19.6. The van der Waals surface area contributed by atoms with E-state index in [1.165, 1.54) is 4.90 Å². The quantitative estimate of drug-likeness (QED) is 0.773. The van der Waals surface area contributed by atoms with Crippen molar-refractivity contribution in [1.29, 1.82) is 0 Å². The summed E-state index contributed by atoms with van der Waals surface area (Å²) in [6.07, 6.45) is -2.25. The lowest BCUT2D eigenvalue weighted by molar-refractivity contribution is 0.0747. The van der Waals surface area contributed by atoms with Crippen LogP contribution >= 0.6 is 0 Å². The number of rotatable bonds is 5.